The van der Waals surface area contributed by atoms with Crippen LogP contribution in [0.25, 0.3) is 44.7 Å². The van der Waals surface area contributed by atoms with Gasteiger partial charge in [-0.05, 0) is 96.5 Å². The number of fused-ring (bicyclic) bond motifs is 4. The number of amides is 4. The lowest BCUT2D eigenvalue weighted by molar-refractivity contribution is -0.121. The van der Waals surface area contributed by atoms with Gasteiger partial charge in [-0.1, -0.05) is 76.2 Å². The number of carbonyl (C=O) groups excluding carboxylic acids is 4. The van der Waals surface area contributed by atoms with Crippen molar-refractivity contribution in [3.8, 4) is 48.1 Å². The molecule has 0 unspecified atom stereocenters. The Labute approximate surface area is 724 Å². The van der Waals surface area contributed by atoms with Gasteiger partial charge in [0, 0.05) is 48.4 Å². The van der Waals surface area contributed by atoms with Gasteiger partial charge in [-0.2, -0.15) is 44.9 Å². The van der Waals surface area contributed by atoms with Crippen LogP contribution in [0.4, 0.5) is 5.82 Å². The summed E-state index contributed by atoms with van der Waals surface area (Å²) in [5.74, 6) is -1.21. The molecule has 41 nitrogen and oxygen atoms in total. The number of hydrogen-bond donors (Lipinski definition) is 9. The number of rotatable bonds is 56. The van der Waals surface area contributed by atoms with Crippen molar-refractivity contribution < 1.29 is 96.4 Å². The Morgan fingerprint density at radius 3 is 0.857 bits per heavy atom. The molecule has 12 rings (SSSR count). The first-order valence-corrected chi connectivity index (χ1v) is 41.6. The van der Waals surface area contributed by atoms with Crippen molar-refractivity contribution in [2.75, 3.05) is 164 Å². The van der Waals surface area contributed by atoms with Crippen molar-refractivity contribution in [3.63, 3.8) is 0 Å². The van der Waals surface area contributed by atoms with E-state index in [1.165, 1.54) is 36.9 Å². The normalized spacial score (nSPS) is 11.6. The number of carbonyl (C=O) groups is 4. The minimum Gasteiger partial charge on any atom is -0.480 e. The number of anilines is 1. The molecule has 41 heteroatoms. The van der Waals surface area contributed by atoms with Crippen molar-refractivity contribution in [1.82, 2.24) is 99.3 Å². The fourth-order valence-corrected chi connectivity index (χ4v) is 12.7. The Morgan fingerprint density at radius 2 is 0.571 bits per heavy atom. The molecule has 0 aliphatic heterocycles. The second kappa shape index (κ2) is 47.1. The Kier molecular flexibility index (Phi) is 34.4. The molecule has 0 aliphatic rings. The number of nitrogens with zero attached hydrogens (tertiary/aromatic N) is 16. The van der Waals surface area contributed by atoms with E-state index in [2.05, 4.69) is 81.1 Å². The Balaban J connectivity index is 0.633. The average Bonchev–Trinajstić information content (AvgIpc) is 1.64. The molecule has 126 heavy (non-hydrogen) atoms. The largest absolute Gasteiger partial charge is 0.480 e. The fourth-order valence-electron chi connectivity index (χ4n) is 12.7. The molecular formula is C85H105N21O20. The van der Waals surface area contributed by atoms with Gasteiger partial charge in [0.05, 0.1) is 182 Å². The smallest absolute Gasteiger partial charge is 0.320 e. The maximum Gasteiger partial charge on any atom is 0.320 e. The van der Waals surface area contributed by atoms with E-state index in [9.17, 15) is 39.6 Å². The number of aromatic nitrogens is 16. The first-order chi connectivity index (χ1) is 61.5. The standard InChI is InChI=1S/C85H105N21O20/c1-5-29-123-77-91-45-64-69(99-77)103(81(111)94-64)48-56-9-17-60(18-10-56)73(107)87-25-33-115-37-41-119-52-85(53-120-42-38-116-34-26-88-74(108)61-19-11-57(12-20-61)49-104-70-65(95-82(104)112)46-92-78(100-70)124-30-6-2,54-121-43-39-117-35-27-89-75(109)62-21-13-58(14-22-62)50-105-71-66(96-83(105)113)47-93-79(101-71)125-31-7-3)55-122-44-40-118-36-28-90-76(110)63-23-15-59(16-24-63)51-106-72-67(97-84(106)114)68(86)98-80(102-72)126-32-8-4/h9-24,45-47H,5-8,25-44,48-55H2,1-4H3,(H,87,107)(H,88,108)(H,89,109)(H,90,110)(H,94,111)(H,95,112)(H,96,113)(H,97,114)(H2,86,98,102). The lowest BCUT2D eigenvalue weighted by atomic mass is 9.92. The van der Waals surface area contributed by atoms with E-state index >= 15 is 0 Å². The highest BCUT2D eigenvalue weighted by atomic mass is 16.6. The molecule has 0 fully saturated rings. The van der Waals surface area contributed by atoms with Crippen LogP contribution in [0.3, 0.4) is 0 Å². The molecule has 0 saturated heterocycles. The van der Waals surface area contributed by atoms with E-state index in [1.807, 2.05) is 27.7 Å². The van der Waals surface area contributed by atoms with Gasteiger partial charge in [0.25, 0.3) is 47.7 Å². The van der Waals surface area contributed by atoms with Gasteiger partial charge < -0.3 is 104 Å². The summed E-state index contributed by atoms with van der Waals surface area (Å²) in [6.07, 6.45) is 7.52. The highest BCUT2D eigenvalue weighted by Gasteiger charge is 2.33. The zero-order valence-electron chi connectivity index (χ0n) is 70.7. The fraction of sp³-hybridized carbons (Fsp3) is 0.435. The van der Waals surface area contributed by atoms with E-state index in [4.69, 9.17) is 62.6 Å². The van der Waals surface area contributed by atoms with Crippen LogP contribution in [0.1, 0.15) is 117 Å². The first kappa shape index (κ1) is 92.0. The van der Waals surface area contributed by atoms with Crippen molar-refractivity contribution in [1.29, 1.82) is 0 Å². The van der Waals surface area contributed by atoms with Crippen LogP contribution in [0.5, 0.6) is 48.1 Å². The molecular weight excluding hydrogens is 1640 g/mol. The highest BCUT2D eigenvalue weighted by Crippen LogP contribution is 2.30. The number of benzene rings is 4. The van der Waals surface area contributed by atoms with Crippen molar-refractivity contribution in [3.05, 3.63) is 160 Å². The van der Waals surface area contributed by atoms with Crippen LogP contribution >= 0.6 is 0 Å². The molecule has 0 saturated carbocycles. The first-order valence-electron chi connectivity index (χ1n) is 41.6. The van der Waals surface area contributed by atoms with Crippen molar-refractivity contribution in [2.45, 2.75) is 79.6 Å². The third-order valence-corrected chi connectivity index (χ3v) is 19.1. The minimum atomic E-state index is -0.960. The summed E-state index contributed by atoms with van der Waals surface area (Å²) in [6.45, 7) is 13.1. The Hall–Kier alpha value is -13.2. The van der Waals surface area contributed by atoms with Gasteiger partial charge in [-0.25, -0.2) is 15.0 Å². The predicted molar refractivity (Wildman–Crippen MR) is 456 cm³/mol. The summed E-state index contributed by atoms with van der Waals surface area (Å²) in [4.78, 5) is 104. The average molecular weight is 1740 g/mol. The van der Waals surface area contributed by atoms with Crippen LogP contribution in [0.2, 0.25) is 0 Å². The zero-order chi connectivity index (χ0) is 88.4. The van der Waals surface area contributed by atoms with Gasteiger partial charge in [0.2, 0.25) is 0 Å². The van der Waals surface area contributed by atoms with E-state index < -0.39 is 5.41 Å². The molecule has 8 heterocycles. The molecule has 670 valence electrons. The van der Waals surface area contributed by atoms with Gasteiger partial charge in [0.15, 0.2) is 33.9 Å². The Morgan fingerprint density at radius 1 is 0.317 bits per heavy atom. The molecule has 0 bridgehead atoms. The van der Waals surface area contributed by atoms with Gasteiger partial charge >= 0.3 is 24.0 Å². The third-order valence-electron chi connectivity index (χ3n) is 19.1. The molecule has 8 aromatic heterocycles. The summed E-state index contributed by atoms with van der Waals surface area (Å²) >= 11 is 0. The molecule has 10 N–H and O–H groups in total. The van der Waals surface area contributed by atoms with E-state index in [0.717, 1.165) is 47.9 Å². The summed E-state index contributed by atoms with van der Waals surface area (Å²) in [5, 5.41) is 54.3. The maximum absolute atomic E-state index is 13.3. The topological polar surface area (TPSA) is 508 Å². The van der Waals surface area contributed by atoms with Gasteiger partial charge in [-0.15, -0.1) is 0 Å². The summed E-state index contributed by atoms with van der Waals surface area (Å²) in [5.41, 5.74) is 12.8. The van der Waals surface area contributed by atoms with Gasteiger partial charge in [-0.3, -0.25) is 37.4 Å². The molecule has 0 radical (unpaired) electrons. The molecule has 0 aliphatic carbocycles. The highest BCUT2D eigenvalue weighted by molar-refractivity contribution is 5.96. The predicted octanol–water partition coefficient (Wildman–Crippen LogP) is 6.14. The lowest BCUT2D eigenvalue weighted by Crippen LogP contribution is -2.43. The number of aromatic hydroxyl groups is 4. The van der Waals surface area contributed by atoms with Crippen LogP contribution in [-0.4, -0.2) is 280 Å². The quantitative estimate of drug-likeness (QED) is 0.0193. The molecule has 12 aromatic rings. The number of nitrogens with one attached hydrogen (secondary N) is 4. The molecule has 0 atom stereocenters. The molecule has 4 amide bonds. The number of nitrogen functional groups attached to an aromatic ring is 1. The Bertz CT molecular complexity index is 5110. The summed E-state index contributed by atoms with van der Waals surface area (Å²) in [7, 11) is 0. The third kappa shape index (κ3) is 26.2. The van der Waals surface area contributed by atoms with Crippen LogP contribution in [0.15, 0.2) is 116 Å². The van der Waals surface area contributed by atoms with Crippen LogP contribution < -0.4 is 45.9 Å². The van der Waals surface area contributed by atoms with E-state index in [1.54, 1.807) is 97.1 Å². The van der Waals surface area contributed by atoms with Crippen molar-refractivity contribution >= 4 is 74.1 Å². The summed E-state index contributed by atoms with van der Waals surface area (Å²) in [6, 6.07) is 27.2. The molecule has 4 aromatic carbocycles. The number of hydrogen-bond acceptors (Lipinski definition) is 33. The van der Waals surface area contributed by atoms with Crippen LogP contribution in [-0.2, 0) is 64.1 Å². The van der Waals surface area contributed by atoms with E-state index in [0.29, 0.717) is 87.8 Å². The lowest BCUT2D eigenvalue weighted by Gasteiger charge is -2.33. The number of ether oxygens (including phenoxy) is 12. The van der Waals surface area contributed by atoms with E-state index in [-0.39, 0.29) is 241 Å². The summed E-state index contributed by atoms with van der Waals surface area (Å²) < 4.78 is 77.5. The van der Waals surface area contributed by atoms with Gasteiger partial charge in [0.1, 0.15) is 16.6 Å². The van der Waals surface area contributed by atoms with Crippen molar-refractivity contribution in [2.24, 2.45) is 5.41 Å². The number of imidazole rings is 4. The number of nitrogens with two attached hydrogens (primary N) is 1. The monoisotopic (exact) mass is 1740 g/mol. The van der Waals surface area contributed by atoms with Crippen LogP contribution in [0, 0.1) is 5.41 Å². The second-order valence-electron chi connectivity index (χ2n) is 29.0. The molecule has 0 spiro atoms. The minimum absolute atomic E-state index is 0.0549. The maximum atomic E-state index is 13.3. The SMILES string of the molecule is CCCOc1ncc2nc(O)n(Cc3ccc(C(=O)NCCOCCOCC(COCCOCCNC(=O)c4ccc(Cn5c(O)nc6cnc(OCCC)nc65)cc4)(COCCOCCNC(=O)c4ccc(Cn5c(O)nc6cnc(OCCC)nc65)cc4)COCCOCCNC(=O)c4ccc(Cn5c(O)nc6c(N)nc(OCCC)nc65)cc4)cc3)c2n1. The zero-order valence-corrected chi connectivity index (χ0v) is 70.7. The second-order valence-corrected chi connectivity index (χ2v) is 29.0.